The molecule has 0 aromatic carbocycles. The number of amidine groups is 1. The smallest absolute Gasteiger partial charge is 0.174 e. The summed E-state index contributed by atoms with van der Waals surface area (Å²) in [5, 5.41) is 6.24. The van der Waals surface area contributed by atoms with E-state index in [2.05, 4.69) is 44.4 Å². The minimum Gasteiger partial charge on any atom is -0.357 e. The van der Waals surface area contributed by atoms with Gasteiger partial charge in [0, 0.05) is 30.1 Å². The van der Waals surface area contributed by atoms with Gasteiger partial charge in [0.15, 0.2) is 5.08 Å². The van der Waals surface area contributed by atoms with E-state index in [-0.39, 0.29) is 11.3 Å². The third-order valence-electron chi connectivity index (χ3n) is 3.53. The highest BCUT2D eigenvalue weighted by Gasteiger charge is 2.26. The Morgan fingerprint density at radius 2 is 2.33 bits per heavy atom. The number of fused-ring (bicyclic) bond motifs is 1. The Kier molecular flexibility index (Phi) is 3.97. The first kappa shape index (κ1) is 14.5. The summed E-state index contributed by atoms with van der Waals surface area (Å²) >= 11 is 3.44. The molecule has 0 saturated heterocycles. The van der Waals surface area contributed by atoms with Gasteiger partial charge >= 0.3 is 0 Å². The second kappa shape index (κ2) is 5.75. The molecule has 0 saturated carbocycles. The lowest BCUT2D eigenvalue weighted by Gasteiger charge is -2.22. The molecule has 1 aromatic rings. The Hall–Kier alpha value is -1.44. The molecule has 2 atom stereocenters. The monoisotopic (exact) mass is 351 g/mol. The maximum atomic E-state index is 5.56. The van der Waals surface area contributed by atoms with Crippen LogP contribution in [0.15, 0.2) is 35.2 Å². The minimum atomic E-state index is -0.0767. The Labute approximate surface area is 132 Å². The van der Waals surface area contributed by atoms with E-state index in [1.807, 2.05) is 42.1 Å². The number of alkyl halides is 1. The lowest BCUT2D eigenvalue weighted by Crippen LogP contribution is -2.36. The van der Waals surface area contributed by atoms with Crippen molar-refractivity contribution in [3.05, 3.63) is 35.8 Å². The number of hydrazine groups is 1. The lowest BCUT2D eigenvalue weighted by atomic mass is 10.0. The Balaban J connectivity index is 1.90. The van der Waals surface area contributed by atoms with Gasteiger partial charge in [0.05, 0.1) is 6.20 Å². The normalized spacial score (nSPS) is 22.6. The molecule has 0 bridgehead atoms. The van der Waals surface area contributed by atoms with Crippen LogP contribution >= 0.6 is 15.9 Å². The van der Waals surface area contributed by atoms with Crippen molar-refractivity contribution in [3.8, 4) is 0 Å². The number of nitrogens with one attached hydrogen (secondary N) is 1. The van der Waals surface area contributed by atoms with Crippen LogP contribution in [0, 0.1) is 0 Å². The van der Waals surface area contributed by atoms with Gasteiger partial charge < -0.3 is 4.74 Å². The maximum absolute atomic E-state index is 5.56. The summed E-state index contributed by atoms with van der Waals surface area (Å²) in [4.78, 5) is 4.53. The molecule has 6 nitrogen and oxygen atoms in total. The molecule has 3 rings (SSSR count). The van der Waals surface area contributed by atoms with Crippen LogP contribution in [0.1, 0.15) is 32.6 Å². The minimum absolute atomic E-state index is 0.0638. The van der Waals surface area contributed by atoms with Gasteiger partial charge in [-0.15, -0.1) is 0 Å². The number of hydrogen-bond donors (Lipinski definition) is 1. The molecule has 0 aliphatic carbocycles. The first-order valence-electron chi connectivity index (χ1n) is 6.93. The first-order valence-corrected chi connectivity index (χ1v) is 7.84. The summed E-state index contributed by atoms with van der Waals surface area (Å²) < 4.78 is 7.39. The molecule has 0 spiro atoms. The fourth-order valence-electron chi connectivity index (χ4n) is 2.47. The SMILES string of the molecule is CCOC(C)n1cc(C2=C(C)C3=NC(Br)NN3C=C2)cn1. The summed E-state index contributed by atoms with van der Waals surface area (Å²) in [6.07, 6.45) is 7.85. The maximum Gasteiger partial charge on any atom is 0.174 e. The number of aliphatic imine (C=N–C) groups is 1. The quantitative estimate of drug-likeness (QED) is 0.669. The largest absolute Gasteiger partial charge is 0.357 e. The Morgan fingerprint density at radius 3 is 3.10 bits per heavy atom. The van der Waals surface area contributed by atoms with Crippen molar-refractivity contribution in [2.45, 2.75) is 32.1 Å². The van der Waals surface area contributed by atoms with E-state index in [1.54, 1.807) is 0 Å². The molecule has 1 aromatic heterocycles. The Bertz CT molecular complexity index is 633. The van der Waals surface area contributed by atoms with E-state index in [0.717, 1.165) is 22.5 Å². The van der Waals surface area contributed by atoms with Crippen LogP contribution in [-0.4, -0.2) is 32.3 Å². The molecular formula is C14H18BrN5O. The molecule has 2 aliphatic heterocycles. The molecular weight excluding hydrogens is 334 g/mol. The molecule has 0 amide bonds. The van der Waals surface area contributed by atoms with Crippen LogP contribution < -0.4 is 5.43 Å². The number of aromatic nitrogens is 2. The van der Waals surface area contributed by atoms with Crippen molar-refractivity contribution >= 4 is 27.3 Å². The second-order valence-electron chi connectivity index (χ2n) is 4.91. The van der Waals surface area contributed by atoms with E-state index < -0.39 is 0 Å². The zero-order valence-corrected chi connectivity index (χ0v) is 13.8. The third kappa shape index (κ3) is 2.68. The highest BCUT2D eigenvalue weighted by Crippen LogP contribution is 2.28. The van der Waals surface area contributed by atoms with E-state index in [9.17, 15) is 0 Å². The highest BCUT2D eigenvalue weighted by atomic mass is 79.9. The molecule has 3 heterocycles. The van der Waals surface area contributed by atoms with Crippen molar-refractivity contribution in [1.29, 1.82) is 0 Å². The fraction of sp³-hybridized carbons (Fsp3) is 0.429. The van der Waals surface area contributed by atoms with Crippen LogP contribution in [-0.2, 0) is 4.74 Å². The van der Waals surface area contributed by atoms with Crippen LogP contribution in [0.25, 0.3) is 5.57 Å². The average molecular weight is 352 g/mol. The summed E-state index contributed by atoms with van der Waals surface area (Å²) in [7, 11) is 0. The predicted molar refractivity (Wildman–Crippen MR) is 85.4 cm³/mol. The summed E-state index contributed by atoms with van der Waals surface area (Å²) in [5.41, 5.74) is 6.50. The Morgan fingerprint density at radius 1 is 1.52 bits per heavy atom. The van der Waals surface area contributed by atoms with Crippen LogP contribution in [0.3, 0.4) is 0 Å². The molecule has 7 heteroatoms. The van der Waals surface area contributed by atoms with Crippen LogP contribution in [0.2, 0.25) is 0 Å². The zero-order valence-electron chi connectivity index (χ0n) is 12.2. The van der Waals surface area contributed by atoms with E-state index in [1.165, 1.54) is 0 Å². The van der Waals surface area contributed by atoms with Gasteiger partial charge in [-0.1, -0.05) is 0 Å². The zero-order chi connectivity index (χ0) is 15.0. The first-order chi connectivity index (χ1) is 10.1. The van der Waals surface area contributed by atoms with Gasteiger partial charge in [0.25, 0.3) is 0 Å². The number of rotatable bonds is 4. The van der Waals surface area contributed by atoms with Crippen molar-refractivity contribution in [3.63, 3.8) is 0 Å². The second-order valence-corrected chi connectivity index (χ2v) is 5.77. The van der Waals surface area contributed by atoms with E-state index >= 15 is 0 Å². The number of nitrogens with zero attached hydrogens (tertiary/aromatic N) is 4. The van der Waals surface area contributed by atoms with Gasteiger partial charge in [0.1, 0.15) is 12.1 Å². The highest BCUT2D eigenvalue weighted by molar-refractivity contribution is 9.09. The molecule has 1 N–H and O–H groups in total. The molecule has 2 aliphatic rings. The summed E-state index contributed by atoms with van der Waals surface area (Å²) in [6, 6.07) is 0. The van der Waals surface area contributed by atoms with Crippen molar-refractivity contribution in [2.24, 2.45) is 4.99 Å². The molecule has 112 valence electrons. The van der Waals surface area contributed by atoms with E-state index in [0.29, 0.717) is 6.61 Å². The molecule has 2 unspecified atom stereocenters. The summed E-state index contributed by atoms with van der Waals surface area (Å²) in [5.74, 6) is 0.931. The third-order valence-corrected chi connectivity index (χ3v) is 3.94. The molecule has 0 fully saturated rings. The van der Waals surface area contributed by atoms with Gasteiger partial charge in [-0.25, -0.2) is 9.67 Å². The number of hydrogen-bond acceptors (Lipinski definition) is 5. The van der Waals surface area contributed by atoms with Gasteiger partial charge in [0.2, 0.25) is 0 Å². The standard InChI is InChI=1S/C14H18BrN5O/c1-4-21-10(3)20-8-11(7-16-20)12-5-6-19-13(9(12)2)17-14(15)18-19/h5-8,10,14,18H,4H2,1-3H3. The lowest BCUT2D eigenvalue weighted by molar-refractivity contribution is 0.0159. The average Bonchev–Trinajstić information content (AvgIpc) is 3.06. The number of halogens is 1. The topological polar surface area (TPSA) is 54.7 Å². The van der Waals surface area contributed by atoms with Gasteiger partial charge in [-0.2, -0.15) is 10.5 Å². The van der Waals surface area contributed by atoms with Crippen LogP contribution in [0.5, 0.6) is 0 Å². The van der Waals surface area contributed by atoms with Gasteiger partial charge in [-0.3, -0.25) is 5.01 Å². The van der Waals surface area contributed by atoms with Gasteiger partial charge in [-0.05, 0) is 48.4 Å². The molecule has 21 heavy (non-hydrogen) atoms. The number of ether oxygens (including phenoxy) is 1. The number of allylic oxidation sites excluding steroid dienone is 2. The van der Waals surface area contributed by atoms with Crippen molar-refractivity contribution in [1.82, 2.24) is 20.2 Å². The van der Waals surface area contributed by atoms with Crippen molar-refractivity contribution < 1.29 is 4.74 Å². The predicted octanol–water partition coefficient (Wildman–Crippen LogP) is 2.64. The fourth-order valence-corrected chi connectivity index (χ4v) is 2.88. The van der Waals surface area contributed by atoms with Crippen molar-refractivity contribution in [2.75, 3.05) is 6.61 Å². The summed E-state index contributed by atoms with van der Waals surface area (Å²) in [6.45, 7) is 6.71. The van der Waals surface area contributed by atoms with Crippen LogP contribution in [0.4, 0.5) is 0 Å². The van der Waals surface area contributed by atoms with E-state index in [4.69, 9.17) is 4.74 Å². The molecule has 0 radical (unpaired) electrons.